The van der Waals surface area contributed by atoms with Gasteiger partial charge in [0.1, 0.15) is 11.5 Å². The first kappa shape index (κ1) is 9.19. The second-order valence-corrected chi connectivity index (χ2v) is 3.95. The first-order valence-corrected chi connectivity index (χ1v) is 4.72. The summed E-state index contributed by atoms with van der Waals surface area (Å²) in [5, 5.41) is 0. The molecule has 1 fully saturated rings. The Bertz CT molecular complexity index is 364. The van der Waals surface area contributed by atoms with Crippen molar-refractivity contribution in [2.24, 2.45) is 0 Å². The molecule has 1 aliphatic carbocycles. The monoisotopic (exact) mass is 192 g/mol. The molecule has 3 heteroatoms. The summed E-state index contributed by atoms with van der Waals surface area (Å²) in [4.78, 5) is 22.8. The molecule has 1 aromatic heterocycles. The molecule has 14 heavy (non-hydrogen) atoms. The molecule has 1 heterocycles. The van der Waals surface area contributed by atoms with E-state index < -0.39 is 5.41 Å². The zero-order valence-corrected chi connectivity index (χ0v) is 8.08. The number of hydrogen-bond donors (Lipinski definition) is 0. The lowest BCUT2D eigenvalue weighted by Crippen LogP contribution is -2.38. The minimum Gasteiger partial charge on any atom is -0.468 e. The second kappa shape index (κ2) is 3.08. The molecule has 0 aromatic carbocycles. The van der Waals surface area contributed by atoms with Crippen molar-refractivity contribution < 1.29 is 14.0 Å². The molecule has 0 spiro atoms. The Morgan fingerprint density at radius 1 is 1.43 bits per heavy atom. The van der Waals surface area contributed by atoms with Crippen LogP contribution in [-0.2, 0) is 15.0 Å². The van der Waals surface area contributed by atoms with Crippen LogP contribution in [0.15, 0.2) is 22.8 Å². The smallest absolute Gasteiger partial charge is 0.153 e. The highest BCUT2D eigenvalue weighted by Crippen LogP contribution is 2.35. The number of furan rings is 1. The Kier molecular flexibility index (Phi) is 2.02. The first-order chi connectivity index (χ1) is 6.63. The third-order valence-corrected chi connectivity index (χ3v) is 2.94. The summed E-state index contributed by atoms with van der Waals surface area (Å²) < 4.78 is 5.25. The Balaban J connectivity index is 2.32. The number of carbonyl (C=O) groups is 2. The van der Waals surface area contributed by atoms with Gasteiger partial charge in [0.05, 0.1) is 18.1 Å². The van der Waals surface area contributed by atoms with E-state index in [-0.39, 0.29) is 18.0 Å². The summed E-state index contributed by atoms with van der Waals surface area (Å²) in [7, 11) is 0. The van der Waals surface area contributed by atoms with Gasteiger partial charge >= 0.3 is 0 Å². The van der Waals surface area contributed by atoms with Gasteiger partial charge in [-0.15, -0.1) is 0 Å². The molecule has 0 amide bonds. The zero-order chi connectivity index (χ0) is 10.2. The summed E-state index contributed by atoms with van der Waals surface area (Å²) >= 11 is 0. The van der Waals surface area contributed by atoms with Gasteiger partial charge in [-0.05, 0) is 25.5 Å². The van der Waals surface area contributed by atoms with Crippen LogP contribution < -0.4 is 0 Å². The van der Waals surface area contributed by atoms with Crippen LogP contribution in [0, 0.1) is 0 Å². The van der Waals surface area contributed by atoms with E-state index in [1.807, 2.05) is 6.92 Å². The zero-order valence-electron chi connectivity index (χ0n) is 8.08. The summed E-state index contributed by atoms with van der Waals surface area (Å²) in [6.45, 7) is 1.85. The van der Waals surface area contributed by atoms with Crippen LogP contribution in [0.5, 0.6) is 0 Å². The van der Waals surface area contributed by atoms with Crippen LogP contribution >= 0.6 is 0 Å². The standard InChI is InChI=1S/C11H12O3/c1-11(10-3-2-6-14-10)5-4-8(12)7-9(11)13/h2-3,6H,4-5,7H2,1H3. The number of hydrogen-bond acceptors (Lipinski definition) is 3. The van der Waals surface area contributed by atoms with E-state index in [0.29, 0.717) is 18.6 Å². The molecule has 1 aliphatic rings. The summed E-state index contributed by atoms with van der Waals surface area (Å²) in [5.41, 5.74) is -0.586. The third-order valence-electron chi connectivity index (χ3n) is 2.94. The van der Waals surface area contributed by atoms with E-state index in [0.717, 1.165) is 0 Å². The minimum atomic E-state index is -0.586. The topological polar surface area (TPSA) is 47.3 Å². The molecule has 0 saturated heterocycles. The van der Waals surface area contributed by atoms with Gasteiger partial charge in [0.25, 0.3) is 0 Å². The van der Waals surface area contributed by atoms with Gasteiger partial charge in [-0.1, -0.05) is 0 Å². The molecule has 0 radical (unpaired) electrons. The number of ketones is 2. The molecular formula is C11H12O3. The molecule has 74 valence electrons. The molecule has 0 N–H and O–H groups in total. The van der Waals surface area contributed by atoms with Crippen molar-refractivity contribution in [2.45, 2.75) is 31.6 Å². The molecule has 1 aromatic rings. The van der Waals surface area contributed by atoms with Gasteiger partial charge in [-0.25, -0.2) is 0 Å². The summed E-state index contributed by atoms with van der Waals surface area (Å²) in [6.07, 6.45) is 2.66. The van der Waals surface area contributed by atoms with Crippen LogP contribution in [0.4, 0.5) is 0 Å². The molecular weight excluding hydrogens is 180 g/mol. The van der Waals surface area contributed by atoms with E-state index in [9.17, 15) is 9.59 Å². The lowest BCUT2D eigenvalue weighted by atomic mass is 9.72. The largest absolute Gasteiger partial charge is 0.468 e. The van der Waals surface area contributed by atoms with E-state index in [1.54, 1.807) is 18.4 Å². The van der Waals surface area contributed by atoms with Crippen molar-refractivity contribution in [3.05, 3.63) is 24.2 Å². The normalized spacial score (nSPS) is 28.1. The maximum atomic E-state index is 11.7. The molecule has 0 aliphatic heterocycles. The highest BCUT2D eigenvalue weighted by Gasteiger charge is 2.41. The van der Waals surface area contributed by atoms with Gasteiger partial charge in [-0.3, -0.25) is 9.59 Å². The van der Waals surface area contributed by atoms with Crippen molar-refractivity contribution in [1.82, 2.24) is 0 Å². The van der Waals surface area contributed by atoms with Crippen molar-refractivity contribution in [3.8, 4) is 0 Å². The molecule has 1 atom stereocenters. The molecule has 0 bridgehead atoms. The Labute approximate surface area is 82.1 Å². The average Bonchev–Trinajstić information content (AvgIpc) is 2.65. The fourth-order valence-electron chi connectivity index (χ4n) is 1.84. The highest BCUT2D eigenvalue weighted by molar-refractivity contribution is 6.06. The summed E-state index contributed by atoms with van der Waals surface area (Å²) in [5.74, 6) is 0.692. The average molecular weight is 192 g/mol. The van der Waals surface area contributed by atoms with Crippen LogP contribution in [-0.4, -0.2) is 11.6 Å². The van der Waals surface area contributed by atoms with Gasteiger partial charge in [0.15, 0.2) is 5.78 Å². The predicted octanol–water partition coefficient (Wildman–Crippen LogP) is 1.86. The van der Waals surface area contributed by atoms with E-state index in [1.165, 1.54) is 0 Å². The van der Waals surface area contributed by atoms with Gasteiger partial charge in [-0.2, -0.15) is 0 Å². The molecule has 1 saturated carbocycles. The number of Topliss-reactive ketones (excluding diaryl/α,β-unsaturated/α-hetero) is 2. The van der Waals surface area contributed by atoms with Crippen molar-refractivity contribution in [3.63, 3.8) is 0 Å². The first-order valence-electron chi connectivity index (χ1n) is 4.72. The van der Waals surface area contributed by atoms with Crippen LogP contribution in [0.2, 0.25) is 0 Å². The quantitative estimate of drug-likeness (QED) is 0.638. The van der Waals surface area contributed by atoms with Crippen LogP contribution in [0.3, 0.4) is 0 Å². The van der Waals surface area contributed by atoms with E-state index >= 15 is 0 Å². The van der Waals surface area contributed by atoms with E-state index in [2.05, 4.69) is 0 Å². The highest BCUT2D eigenvalue weighted by atomic mass is 16.3. The Hall–Kier alpha value is -1.38. The molecule has 3 nitrogen and oxygen atoms in total. The molecule has 2 rings (SSSR count). The maximum absolute atomic E-state index is 11.7. The summed E-state index contributed by atoms with van der Waals surface area (Å²) in [6, 6.07) is 3.57. The predicted molar refractivity (Wildman–Crippen MR) is 49.9 cm³/mol. The SMILES string of the molecule is CC1(c2ccco2)CCC(=O)CC1=O. The fraction of sp³-hybridized carbons (Fsp3) is 0.455. The Morgan fingerprint density at radius 3 is 2.79 bits per heavy atom. The Morgan fingerprint density at radius 2 is 2.21 bits per heavy atom. The number of rotatable bonds is 1. The minimum absolute atomic E-state index is 0.0244. The second-order valence-electron chi connectivity index (χ2n) is 3.95. The maximum Gasteiger partial charge on any atom is 0.153 e. The van der Waals surface area contributed by atoms with Crippen molar-refractivity contribution in [1.29, 1.82) is 0 Å². The lowest BCUT2D eigenvalue weighted by Gasteiger charge is -2.29. The van der Waals surface area contributed by atoms with Crippen LogP contribution in [0.25, 0.3) is 0 Å². The van der Waals surface area contributed by atoms with E-state index in [4.69, 9.17) is 4.42 Å². The van der Waals surface area contributed by atoms with Crippen molar-refractivity contribution in [2.75, 3.05) is 0 Å². The van der Waals surface area contributed by atoms with Crippen LogP contribution in [0.1, 0.15) is 31.9 Å². The lowest BCUT2D eigenvalue weighted by molar-refractivity contribution is -0.134. The molecule has 1 unspecified atom stereocenters. The third kappa shape index (κ3) is 1.29. The number of carbonyl (C=O) groups excluding carboxylic acids is 2. The van der Waals surface area contributed by atoms with Gasteiger partial charge < -0.3 is 4.42 Å². The van der Waals surface area contributed by atoms with Gasteiger partial charge in [0, 0.05) is 6.42 Å². The van der Waals surface area contributed by atoms with Crippen molar-refractivity contribution >= 4 is 11.6 Å². The fourth-order valence-corrected chi connectivity index (χ4v) is 1.84. The van der Waals surface area contributed by atoms with Gasteiger partial charge in [0.2, 0.25) is 0 Å².